The highest BCUT2D eigenvalue weighted by molar-refractivity contribution is 7.89. The van der Waals surface area contributed by atoms with Crippen molar-refractivity contribution in [2.45, 2.75) is 30.8 Å². The lowest BCUT2D eigenvalue weighted by atomic mass is 10.0. The molecule has 8 nitrogen and oxygen atoms in total. The maximum atomic E-state index is 12.2. The normalized spacial score (nSPS) is 15.0. The highest BCUT2D eigenvalue weighted by atomic mass is 32.2. The van der Waals surface area contributed by atoms with Crippen molar-refractivity contribution in [1.82, 2.24) is 4.72 Å². The van der Waals surface area contributed by atoms with E-state index in [0.29, 0.717) is 11.5 Å². The van der Waals surface area contributed by atoms with Gasteiger partial charge in [-0.15, -0.1) is 0 Å². The fourth-order valence-corrected chi connectivity index (χ4v) is 3.88. The van der Waals surface area contributed by atoms with Crippen molar-refractivity contribution in [1.29, 1.82) is 0 Å². The molecule has 1 aliphatic rings. The topological polar surface area (TPSA) is 108 Å². The number of non-ortho nitro benzene ring substituents is 1. The largest absolute Gasteiger partial charge is 0.488 e. The Morgan fingerprint density at radius 2 is 1.93 bits per heavy atom. The Bertz CT molecular complexity index is 954. The molecule has 3 rings (SSSR count). The second kappa shape index (κ2) is 7.16. The Balaban J connectivity index is 1.58. The number of rotatable bonds is 7. The standard InChI is InChI=1S/C18H20N2O6S/c1-18(2)12-13-4-3-5-16(17(13)26-18)25-11-10-19-27(23,24)15-8-6-14(7-9-15)20(21)22/h3-9,19H,10-12H2,1-2H3. The van der Waals surface area contributed by atoms with Gasteiger partial charge in [-0.05, 0) is 32.0 Å². The number of nitrogens with zero attached hydrogens (tertiary/aromatic N) is 1. The first-order chi connectivity index (χ1) is 12.7. The summed E-state index contributed by atoms with van der Waals surface area (Å²) in [6.45, 7) is 4.16. The van der Waals surface area contributed by atoms with E-state index in [4.69, 9.17) is 9.47 Å². The predicted molar refractivity (Wildman–Crippen MR) is 98.6 cm³/mol. The number of fused-ring (bicyclic) bond motifs is 1. The van der Waals surface area contributed by atoms with Gasteiger partial charge in [0.15, 0.2) is 11.5 Å². The minimum Gasteiger partial charge on any atom is -0.488 e. The van der Waals surface area contributed by atoms with E-state index in [1.54, 1.807) is 6.07 Å². The van der Waals surface area contributed by atoms with E-state index >= 15 is 0 Å². The van der Waals surface area contributed by atoms with E-state index in [1.807, 2.05) is 26.0 Å². The van der Waals surface area contributed by atoms with Crippen LogP contribution in [0.1, 0.15) is 19.4 Å². The molecule has 0 fully saturated rings. The average molecular weight is 392 g/mol. The smallest absolute Gasteiger partial charge is 0.269 e. The summed E-state index contributed by atoms with van der Waals surface area (Å²) in [5.74, 6) is 1.27. The van der Waals surface area contributed by atoms with Gasteiger partial charge in [0.05, 0.1) is 9.82 Å². The Hall–Kier alpha value is -2.65. The summed E-state index contributed by atoms with van der Waals surface area (Å²) < 4.78 is 38.5. The maximum Gasteiger partial charge on any atom is 0.269 e. The monoisotopic (exact) mass is 392 g/mol. The SMILES string of the molecule is CC1(C)Cc2cccc(OCCNS(=O)(=O)c3ccc([N+](=O)[O-])cc3)c2O1. The van der Waals surface area contributed by atoms with Crippen molar-refractivity contribution >= 4 is 15.7 Å². The van der Waals surface area contributed by atoms with Gasteiger partial charge in [0.25, 0.3) is 5.69 Å². The van der Waals surface area contributed by atoms with Gasteiger partial charge < -0.3 is 9.47 Å². The molecule has 2 aromatic carbocycles. The lowest BCUT2D eigenvalue weighted by molar-refractivity contribution is -0.384. The van der Waals surface area contributed by atoms with E-state index in [0.717, 1.165) is 24.1 Å². The minimum atomic E-state index is -3.77. The van der Waals surface area contributed by atoms with E-state index in [1.165, 1.54) is 12.1 Å². The van der Waals surface area contributed by atoms with Gasteiger partial charge in [0.1, 0.15) is 12.2 Å². The number of sulfonamides is 1. The molecule has 0 saturated carbocycles. The first-order valence-electron chi connectivity index (χ1n) is 8.36. The average Bonchev–Trinajstić information content (AvgIpc) is 2.93. The summed E-state index contributed by atoms with van der Waals surface area (Å²) >= 11 is 0. The van der Waals surface area contributed by atoms with Crippen molar-refractivity contribution in [2.24, 2.45) is 0 Å². The van der Waals surface area contributed by atoms with Gasteiger partial charge >= 0.3 is 0 Å². The summed E-state index contributed by atoms with van der Waals surface area (Å²) in [5.41, 5.74) is 0.598. The van der Waals surface area contributed by atoms with E-state index in [9.17, 15) is 18.5 Å². The summed E-state index contributed by atoms with van der Waals surface area (Å²) in [6, 6.07) is 10.3. The third-order valence-corrected chi connectivity index (χ3v) is 5.54. The van der Waals surface area contributed by atoms with Crippen LogP contribution in [0.5, 0.6) is 11.5 Å². The van der Waals surface area contributed by atoms with E-state index in [2.05, 4.69) is 4.72 Å². The summed E-state index contributed by atoms with van der Waals surface area (Å²) in [5, 5.41) is 10.6. The Morgan fingerprint density at radius 3 is 2.59 bits per heavy atom. The van der Waals surface area contributed by atoms with Gasteiger partial charge in [0, 0.05) is 30.7 Å². The first kappa shape index (κ1) is 19.1. The van der Waals surface area contributed by atoms with Crippen LogP contribution in [0.25, 0.3) is 0 Å². The van der Waals surface area contributed by atoms with Crippen LogP contribution in [0.2, 0.25) is 0 Å². The second-order valence-corrected chi connectivity index (χ2v) is 8.55. The molecule has 1 aliphatic heterocycles. The lowest BCUT2D eigenvalue weighted by Crippen LogP contribution is -2.28. The fourth-order valence-electron chi connectivity index (χ4n) is 2.87. The second-order valence-electron chi connectivity index (χ2n) is 6.78. The molecule has 0 unspecified atom stereocenters. The van der Waals surface area contributed by atoms with Crippen molar-refractivity contribution in [3.8, 4) is 11.5 Å². The molecule has 0 bridgehead atoms. The van der Waals surface area contributed by atoms with Crippen LogP contribution < -0.4 is 14.2 Å². The lowest BCUT2D eigenvalue weighted by Gasteiger charge is -2.18. The van der Waals surface area contributed by atoms with Crippen LogP contribution in [0, 0.1) is 10.1 Å². The van der Waals surface area contributed by atoms with E-state index in [-0.39, 0.29) is 29.3 Å². The van der Waals surface area contributed by atoms with Crippen LogP contribution in [0.15, 0.2) is 47.4 Å². The fraction of sp³-hybridized carbons (Fsp3) is 0.333. The zero-order valence-corrected chi connectivity index (χ0v) is 15.8. The number of nitro benzene ring substituents is 1. The van der Waals surface area contributed by atoms with Crippen LogP contribution in [-0.2, 0) is 16.4 Å². The van der Waals surface area contributed by atoms with Gasteiger partial charge in [-0.2, -0.15) is 0 Å². The molecule has 2 aromatic rings. The minimum absolute atomic E-state index is 0.0428. The molecule has 1 N–H and O–H groups in total. The van der Waals surface area contributed by atoms with Crippen LogP contribution >= 0.6 is 0 Å². The third kappa shape index (κ3) is 4.37. The molecule has 27 heavy (non-hydrogen) atoms. The number of para-hydroxylation sites is 1. The van der Waals surface area contributed by atoms with Gasteiger partial charge in [-0.3, -0.25) is 10.1 Å². The van der Waals surface area contributed by atoms with Gasteiger partial charge in [-0.1, -0.05) is 12.1 Å². The van der Waals surface area contributed by atoms with Crippen LogP contribution in [0.3, 0.4) is 0 Å². The van der Waals surface area contributed by atoms with Crippen molar-refractivity contribution in [3.63, 3.8) is 0 Å². The highest BCUT2D eigenvalue weighted by Gasteiger charge is 2.32. The van der Waals surface area contributed by atoms with Crippen molar-refractivity contribution in [2.75, 3.05) is 13.2 Å². The van der Waals surface area contributed by atoms with Crippen molar-refractivity contribution in [3.05, 3.63) is 58.1 Å². The number of ether oxygens (including phenoxy) is 2. The molecule has 0 saturated heterocycles. The predicted octanol–water partition coefficient (Wildman–Crippen LogP) is 2.67. The molecule has 0 atom stereocenters. The summed E-state index contributed by atoms with van der Waals surface area (Å²) in [4.78, 5) is 10.0. The highest BCUT2D eigenvalue weighted by Crippen LogP contribution is 2.41. The number of nitro groups is 1. The summed E-state index contributed by atoms with van der Waals surface area (Å²) in [6.07, 6.45) is 0.784. The van der Waals surface area contributed by atoms with E-state index < -0.39 is 14.9 Å². The zero-order chi connectivity index (χ0) is 19.7. The molecule has 0 aromatic heterocycles. The Kier molecular flexibility index (Phi) is 5.07. The van der Waals surface area contributed by atoms with Crippen LogP contribution in [-0.4, -0.2) is 32.1 Å². The Labute approximate surface area is 157 Å². The first-order valence-corrected chi connectivity index (χ1v) is 9.84. The molecule has 1 heterocycles. The van der Waals surface area contributed by atoms with Crippen molar-refractivity contribution < 1.29 is 22.8 Å². The number of hydrogen-bond acceptors (Lipinski definition) is 6. The third-order valence-electron chi connectivity index (χ3n) is 4.06. The molecule has 0 amide bonds. The Morgan fingerprint density at radius 1 is 1.22 bits per heavy atom. The maximum absolute atomic E-state index is 12.2. The number of benzene rings is 2. The molecular formula is C18H20N2O6S. The van der Waals surface area contributed by atoms with Crippen LogP contribution in [0.4, 0.5) is 5.69 Å². The molecule has 144 valence electrons. The molecule has 9 heteroatoms. The molecule has 0 spiro atoms. The quantitative estimate of drug-likeness (QED) is 0.441. The zero-order valence-electron chi connectivity index (χ0n) is 15.0. The van der Waals surface area contributed by atoms with Gasteiger partial charge in [-0.25, -0.2) is 13.1 Å². The summed E-state index contributed by atoms with van der Waals surface area (Å²) in [7, 11) is -3.77. The number of nitrogens with one attached hydrogen (secondary N) is 1. The number of hydrogen-bond donors (Lipinski definition) is 1. The molecule has 0 radical (unpaired) electrons. The van der Waals surface area contributed by atoms with Gasteiger partial charge in [0.2, 0.25) is 10.0 Å². The molecular weight excluding hydrogens is 372 g/mol. The molecule has 0 aliphatic carbocycles.